The molecule has 2 saturated heterocycles. The second-order valence-electron chi connectivity index (χ2n) is 4.39. The summed E-state index contributed by atoms with van der Waals surface area (Å²) in [6, 6.07) is 0. The Labute approximate surface area is 87.0 Å². The Bertz CT molecular complexity index is 169. The summed E-state index contributed by atoms with van der Waals surface area (Å²) in [4.78, 5) is 5.04. The van der Waals surface area contributed by atoms with Crippen molar-refractivity contribution in [2.24, 2.45) is 0 Å². The Balaban J connectivity index is 1.73. The van der Waals surface area contributed by atoms with Crippen LogP contribution in [0.25, 0.3) is 0 Å². The van der Waals surface area contributed by atoms with Gasteiger partial charge in [-0.3, -0.25) is 4.90 Å². The van der Waals surface area contributed by atoms with Crippen molar-refractivity contribution >= 4 is 0 Å². The van der Waals surface area contributed by atoms with Gasteiger partial charge < -0.3 is 9.64 Å². The molecule has 0 spiro atoms. The number of nitrogens with zero attached hydrogens (tertiary/aromatic N) is 2. The van der Waals surface area contributed by atoms with E-state index in [9.17, 15) is 0 Å². The maximum absolute atomic E-state index is 5.79. The van der Waals surface area contributed by atoms with Crippen molar-refractivity contribution in [2.45, 2.75) is 25.9 Å². The van der Waals surface area contributed by atoms with E-state index in [-0.39, 0.29) is 0 Å². The molecule has 1 atom stereocenters. The van der Waals surface area contributed by atoms with E-state index in [0.717, 1.165) is 26.2 Å². The first kappa shape index (κ1) is 10.4. The molecule has 0 saturated carbocycles. The van der Waals surface area contributed by atoms with E-state index in [1.54, 1.807) is 0 Å². The summed E-state index contributed by atoms with van der Waals surface area (Å²) in [6.45, 7) is 10.3. The molecule has 0 amide bonds. The monoisotopic (exact) mass is 198 g/mol. The van der Waals surface area contributed by atoms with Gasteiger partial charge in [-0.25, -0.2) is 0 Å². The van der Waals surface area contributed by atoms with E-state index in [1.165, 1.54) is 32.5 Å². The molecule has 0 aromatic heterocycles. The van der Waals surface area contributed by atoms with Crippen LogP contribution < -0.4 is 0 Å². The quantitative estimate of drug-likeness (QED) is 0.667. The topological polar surface area (TPSA) is 15.7 Å². The summed E-state index contributed by atoms with van der Waals surface area (Å²) in [5.41, 5.74) is 0. The molecule has 0 radical (unpaired) electrons. The van der Waals surface area contributed by atoms with Gasteiger partial charge in [0.05, 0.1) is 12.7 Å². The minimum atomic E-state index is 0.460. The Morgan fingerprint density at radius 2 is 1.93 bits per heavy atom. The van der Waals surface area contributed by atoms with Crippen molar-refractivity contribution < 1.29 is 4.74 Å². The normalized spacial score (nSPS) is 31.1. The maximum Gasteiger partial charge on any atom is 0.0829 e. The van der Waals surface area contributed by atoms with Gasteiger partial charge in [0, 0.05) is 19.6 Å². The van der Waals surface area contributed by atoms with Crippen molar-refractivity contribution in [2.75, 3.05) is 45.9 Å². The first-order valence-corrected chi connectivity index (χ1v) is 5.95. The summed E-state index contributed by atoms with van der Waals surface area (Å²) in [5, 5.41) is 0. The van der Waals surface area contributed by atoms with Gasteiger partial charge in [-0.15, -0.1) is 0 Å². The molecule has 0 aliphatic carbocycles. The van der Waals surface area contributed by atoms with E-state index in [2.05, 4.69) is 16.7 Å². The van der Waals surface area contributed by atoms with Crippen molar-refractivity contribution in [1.29, 1.82) is 0 Å². The molecule has 14 heavy (non-hydrogen) atoms. The fourth-order valence-corrected chi connectivity index (χ4v) is 2.43. The molecule has 2 heterocycles. The summed E-state index contributed by atoms with van der Waals surface area (Å²) in [7, 11) is 0. The van der Waals surface area contributed by atoms with Gasteiger partial charge in [-0.1, -0.05) is 6.92 Å². The first-order valence-electron chi connectivity index (χ1n) is 5.95. The van der Waals surface area contributed by atoms with Crippen molar-refractivity contribution in [3.63, 3.8) is 0 Å². The zero-order valence-corrected chi connectivity index (χ0v) is 9.24. The van der Waals surface area contributed by atoms with Crippen LogP contribution in [0.2, 0.25) is 0 Å². The van der Waals surface area contributed by atoms with Crippen LogP contribution in [0.1, 0.15) is 19.8 Å². The van der Waals surface area contributed by atoms with Crippen LogP contribution in [0.15, 0.2) is 0 Å². The molecular weight excluding hydrogens is 176 g/mol. The summed E-state index contributed by atoms with van der Waals surface area (Å²) in [6.07, 6.45) is 3.22. The fourth-order valence-electron chi connectivity index (χ4n) is 2.43. The van der Waals surface area contributed by atoms with Gasteiger partial charge in [-0.05, 0) is 32.5 Å². The molecule has 0 aromatic carbocycles. The molecule has 2 fully saturated rings. The Morgan fingerprint density at radius 3 is 2.64 bits per heavy atom. The van der Waals surface area contributed by atoms with Crippen LogP contribution in [0.4, 0.5) is 0 Å². The standard InChI is InChI=1S/C11H22N2O/c1-2-12-7-8-14-11(9-12)10-13-5-3-4-6-13/h11H,2-10H2,1H3. The van der Waals surface area contributed by atoms with Crippen LogP contribution in [0.5, 0.6) is 0 Å². The van der Waals surface area contributed by atoms with Crippen molar-refractivity contribution in [1.82, 2.24) is 9.80 Å². The number of likely N-dealkylation sites (N-methyl/N-ethyl adjacent to an activating group) is 1. The van der Waals surface area contributed by atoms with E-state index < -0.39 is 0 Å². The number of hydrogen-bond acceptors (Lipinski definition) is 3. The predicted molar refractivity (Wildman–Crippen MR) is 57.5 cm³/mol. The van der Waals surface area contributed by atoms with Crippen LogP contribution >= 0.6 is 0 Å². The molecule has 0 bridgehead atoms. The molecule has 82 valence electrons. The van der Waals surface area contributed by atoms with Gasteiger partial charge in [0.2, 0.25) is 0 Å². The molecule has 1 unspecified atom stereocenters. The highest BCUT2D eigenvalue weighted by Gasteiger charge is 2.22. The number of morpholine rings is 1. The summed E-state index contributed by atoms with van der Waals surface area (Å²) < 4.78 is 5.79. The number of ether oxygens (including phenoxy) is 1. The zero-order valence-electron chi connectivity index (χ0n) is 9.24. The minimum absolute atomic E-state index is 0.460. The predicted octanol–water partition coefficient (Wildman–Crippen LogP) is 0.803. The number of rotatable bonds is 3. The molecule has 2 rings (SSSR count). The van der Waals surface area contributed by atoms with Crippen LogP contribution in [-0.2, 0) is 4.74 Å². The van der Waals surface area contributed by atoms with Gasteiger partial charge >= 0.3 is 0 Å². The largest absolute Gasteiger partial charge is 0.374 e. The summed E-state index contributed by atoms with van der Waals surface area (Å²) in [5.74, 6) is 0. The third-order valence-corrected chi connectivity index (χ3v) is 3.33. The molecule has 2 aliphatic rings. The molecule has 0 N–H and O–H groups in total. The number of likely N-dealkylation sites (tertiary alicyclic amines) is 1. The highest BCUT2D eigenvalue weighted by molar-refractivity contribution is 4.76. The van der Waals surface area contributed by atoms with Gasteiger partial charge in [0.25, 0.3) is 0 Å². The molecule has 0 aromatic rings. The molecule has 3 heteroatoms. The second-order valence-corrected chi connectivity index (χ2v) is 4.39. The van der Waals surface area contributed by atoms with E-state index >= 15 is 0 Å². The fraction of sp³-hybridized carbons (Fsp3) is 1.00. The highest BCUT2D eigenvalue weighted by atomic mass is 16.5. The summed E-state index contributed by atoms with van der Waals surface area (Å²) >= 11 is 0. The van der Waals surface area contributed by atoms with Gasteiger partial charge in [-0.2, -0.15) is 0 Å². The average Bonchev–Trinajstić information content (AvgIpc) is 2.71. The Morgan fingerprint density at radius 1 is 1.14 bits per heavy atom. The van der Waals surface area contributed by atoms with E-state index in [1.807, 2.05) is 0 Å². The lowest BCUT2D eigenvalue weighted by Crippen LogP contribution is -2.46. The van der Waals surface area contributed by atoms with Crippen LogP contribution in [-0.4, -0.2) is 61.8 Å². The molecule has 2 aliphatic heterocycles. The SMILES string of the molecule is CCN1CCOC(CN2CCCC2)C1. The van der Waals surface area contributed by atoms with Crippen molar-refractivity contribution in [3.05, 3.63) is 0 Å². The first-order chi connectivity index (χ1) is 6.88. The lowest BCUT2D eigenvalue weighted by Gasteiger charge is -2.34. The Kier molecular flexibility index (Phi) is 3.79. The smallest absolute Gasteiger partial charge is 0.0829 e. The lowest BCUT2D eigenvalue weighted by molar-refractivity contribution is -0.0391. The average molecular weight is 198 g/mol. The van der Waals surface area contributed by atoms with Crippen LogP contribution in [0, 0.1) is 0 Å². The Hall–Kier alpha value is -0.120. The van der Waals surface area contributed by atoms with Crippen molar-refractivity contribution in [3.8, 4) is 0 Å². The molecule has 3 nitrogen and oxygen atoms in total. The van der Waals surface area contributed by atoms with Gasteiger partial charge in [0.1, 0.15) is 0 Å². The second kappa shape index (κ2) is 5.10. The maximum atomic E-state index is 5.79. The number of hydrogen-bond donors (Lipinski definition) is 0. The zero-order chi connectivity index (χ0) is 9.80. The third kappa shape index (κ3) is 2.69. The van der Waals surface area contributed by atoms with Gasteiger partial charge in [0.15, 0.2) is 0 Å². The van der Waals surface area contributed by atoms with E-state index in [0.29, 0.717) is 6.10 Å². The van der Waals surface area contributed by atoms with Crippen LogP contribution in [0.3, 0.4) is 0 Å². The third-order valence-electron chi connectivity index (χ3n) is 3.33. The minimum Gasteiger partial charge on any atom is -0.374 e. The lowest BCUT2D eigenvalue weighted by atomic mass is 10.2. The highest BCUT2D eigenvalue weighted by Crippen LogP contribution is 2.11. The molecular formula is C11H22N2O. The van der Waals surface area contributed by atoms with E-state index in [4.69, 9.17) is 4.74 Å².